The van der Waals surface area contributed by atoms with Crippen molar-refractivity contribution in [1.82, 2.24) is 5.32 Å². The van der Waals surface area contributed by atoms with Gasteiger partial charge in [0.05, 0.1) is 5.56 Å². The molecule has 0 atom stereocenters. The molecule has 17 heavy (non-hydrogen) atoms. The zero-order valence-electron chi connectivity index (χ0n) is 8.64. The molecule has 6 heteroatoms. The van der Waals surface area contributed by atoms with Crippen molar-refractivity contribution in [2.24, 2.45) is 0 Å². The van der Waals surface area contributed by atoms with Gasteiger partial charge in [-0.2, -0.15) is 13.2 Å². The first-order valence-corrected chi connectivity index (χ1v) is 6.13. The van der Waals surface area contributed by atoms with Crippen LogP contribution in [0, 0.1) is 3.57 Å². The maximum atomic E-state index is 12.6. The summed E-state index contributed by atoms with van der Waals surface area (Å²) in [6.45, 7) is 0. The largest absolute Gasteiger partial charge is 0.416 e. The lowest BCUT2D eigenvalue weighted by Gasteiger charge is -2.10. The molecular weight excluding hydrogens is 346 g/mol. The summed E-state index contributed by atoms with van der Waals surface area (Å²) < 4.78 is 38.1. The normalized spacial score (nSPS) is 15.8. The third-order valence-electron chi connectivity index (χ3n) is 2.40. The van der Waals surface area contributed by atoms with Gasteiger partial charge in [0.1, 0.15) is 0 Å². The van der Waals surface area contributed by atoms with Crippen LogP contribution in [-0.4, -0.2) is 11.9 Å². The molecule has 92 valence electrons. The van der Waals surface area contributed by atoms with E-state index in [0.717, 1.165) is 25.0 Å². The topological polar surface area (TPSA) is 29.1 Å². The molecule has 2 nitrogen and oxygen atoms in total. The molecule has 1 N–H and O–H groups in total. The van der Waals surface area contributed by atoms with Gasteiger partial charge in [0.25, 0.3) is 5.91 Å². The molecule has 1 aliphatic carbocycles. The van der Waals surface area contributed by atoms with Crippen molar-refractivity contribution in [3.8, 4) is 0 Å². The molecule has 1 amide bonds. The van der Waals surface area contributed by atoms with Crippen molar-refractivity contribution in [1.29, 1.82) is 0 Å². The Bertz CT molecular complexity index is 455. The summed E-state index contributed by atoms with van der Waals surface area (Å²) in [5, 5.41) is 2.67. The Hall–Kier alpha value is -0.790. The number of rotatable bonds is 2. The number of hydrogen-bond donors (Lipinski definition) is 1. The Morgan fingerprint density at radius 2 is 1.94 bits per heavy atom. The molecule has 1 aromatic carbocycles. The Morgan fingerprint density at radius 3 is 2.47 bits per heavy atom. The van der Waals surface area contributed by atoms with Crippen LogP contribution < -0.4 is 5.32 Å². The van der Waals surface area contributed by atoms with E-state index in [4.69, 9.17) is 0 Å². The Balaban J connectivity index is 2.27. The first-order valence-electron chi connectivity index (χ1n) is 5.05. The molecule has 0 radical (unpaired) electrons. The molecule has 2 rings (SSSR count). The molecule has 1 fully saturated rings. The van der Waals surface area contributed by atoms with Gasteiger partial charge in [-0.1, -0.05) is 0 Å². The lowest BCUT2D eigenvalue weighted by molar-refractivity contribution is -0.137. The minimum Gasteiger partial charge on any atom is -0.349 e. The zero-order chi connectivity index (χ0) is 12.6. The van der Waals surface area contributed by atoms with E-state index in [1.54, 1.807) is 22.6 Å². The average Bonchev–Trinajstić information content (AvgIpc) is 2.99. The van der Waals surface area contributed by atoms with Crippen LogP contribution in [-0.2, 0) is 6.18 Å². The molecule has 1 aliphatic rings. The second kappa shape index (κ2) is 4.47. The summed E-state index contributed by atoms with van der Waals surface area (Å²) in [6, 6.07) is 3.50. The highest BCUT2D eigenvalue weighted by molar-refractivity contribution is 14.1. The van der Waals surface area contributed by atoms with Crippen molar-refractivity contribution in [3.63, 3.8) is 0 Å². The van der Waals surface area contributed by atoms with Crippen LogP contribution in [0.15, 0.2) is 18.2 Å². The summed E-state index contributed by atoms with van der Waals surface area (Å²) >= 11 is 1.77. The number of benzene rings is 1. The highest BCUT2D eigenvalue weighted by Gasteiger charge is 2.32. The molecule has 0 saturated heterocycles. The summed E-state index contributed by atoms with van der Waals surface area (Å²) in [5.74, 6) is -0.434. The summed E-state index contributed by atoms with van der Waals surface area (Å²) in [7, 11) is 0. The molecule has 0 aromatic heterocycles. The quantitative estimate of drug-likeness (QED) is 0.812. The first-order chi connectivity index (χ1) is 7.86. The van der Waals surface area contributed by atoms with E-state index in [0.29, 0.717) is 3.57 Å². The molecule has 1 aromatic rings. The lowest BCUT2D eigenvalue weighted by Crippen LogP contribution is -2.25. The van der Waals surface area contributed by atoms with Crippen LogP contribution in [0.4, 0.5) is 13.2 Å². The number of amides is 1. The Morgan fingerprint density at radius 1 is 1.29 bits per heavy atom. The minimum absolute atomic E-state index is 0.0659. The fourth-order valence-corrected chi connectivity index (χ4v) is 2.05. The van der Waals surface area contributed by atoms with E-state index in [2.05, 4.69) is 5.32 Å². The van der Waals surface area contributed by atoms with Gasteiger partial charge in [0, 0.05) is 15.2 Å². The van der Waals surface area contributed by atoms with E-state index in [1.807, 2.05) is 0 Å². The number of carbonyl (C=O) groups is 1. The van der Waals surface area contributed by atoms with Crippen molar-refractivity contribution in [2.75, 3.05) is 0 Å². The third-order valence-corrected chi connectivity index (χ3v) is 3.02. The molecule has 0 spiro atoms. The molecule has 0 aliphatic heterocycles. The summed E-state index contributed by atoms with van der Waals surface area (Å²) in [4.78, 5) is 11.6. The molecular formula is C11H9F3INO. The standard InChI is InChI=1S/C11H9F3INO/c12-11(13,14)7-3-6(4-8(15)5-7)10(17)16-9-1-2-9/h3-5,9H,1-2H2,(H,16,17). The Kier molecular flexibility index (Phi) is 3.33. The fraction of sp³-hybridized carbons (Fsp3) is 0.364. The van der Waals surface area contributed by atoms with E-state index < -0.39 is 17.6 Å². The van der Waals surface area contributed by atoms with Gasteiger partial charge in [-0.25, -0.2) is 0 Å². The van der Waals surface area contributed by atoms with Gasteiger partial charge in [-0.3, -0.25) is 4.79 Å². The smallest absolute Gasteiger partial charge is 0.349 e. The molecule has 0 heterocycles. The summed E-state index contributed by atoms with van der Waals surface area (Å²) in [6.07, 6.45) is -2.61. The van der Waals surface area contributed by atoms with Crippen molar-refractivity contribution in [2.45, 2.75) is 25.1 Å². The van der Waals surface area contributed by atoms with Crippen LogP contribution in [0.1, 0.15) is 28.8 Å². The van der Waals surface area contributed by atoms with Crippen LogP contribution in [0.25, 0.3) is 0 Å². The first kappa shape index (κ1) is 12.7. The van der Waals surface area contributed by atoms with E-state index in [9.17, 15) is 18.0 Å². The lowest BCUT2D eigenvalue weighted by atomic mass is 10.1. The Labute approximate surface area is 110 Å². The van der Waals surface area contributed by atoms with Gasteiger partial charge >= 0.3 is 6.18 Å². The second-order valence-electron chi connectivity index (χ2n) is 3.97. The molecule has 0 unspecified atom stereocenters. The second-order valence-corrected chi connectivity index (χ2v) is 5.22. The van der Waals surface area contributed by atoms with E-state index in [-0.39, 0.29) is 11.6 Å². The number of nitrogens with one attached hydrogen (secondary N) is 1. The fourth-order valence-electron chi connectivity index (χ4n) is 1.38. The van der Waals surface area contributed by atoms with Gasteiger partial charge in [-0.15, -0.1) is 0 Å². The van der Waals surface area contributed by atoms with Gasteiger partial charge in [0.2, 0.25) is 0 Å². The van der Waals surface area contributed by atoms with Crippen LogP contribution in [0.5, 0.6) is 0 Å². The molecule has 0 bridgehead atoms. The van der Waals surface area contributed by atoms with Crippen LogP contribution in [0.3, 0.4) is 0 Å². The monoisotopic (exact) mass is 355 g/mol. The highest BCUT2D eigenvalue weighted by atomic mass is 127. The minimum atomic E-state index is -4.42. The number of hydrogen-bond acceptors (Lipinski definition) is 1. The van der Waals surface area contributed by atoms with Crippen molar-refractivity contribution >= 4 is 28.5 Å². The van der Waals surface area contributed by atoms with Gasteiger partial charge < -0.3 is 5.32 Å². The molecule has 1 saturated carbocycles. The van der Waals surface area contributed by atoms with Crippen molar-refractivity contribution in [3.05, 3.63) is 32.9 Å². The van der Waals surface area contributed by atoms with Gasteiger partial charge in [0.15, 0.2) is 0 Å². The highest BCUT2D eigenvalue weighted by Crippen LogP contribution is 2.31. The van der Waals surface area contributed by atoms with Gasteiger partial charge in [-0.05, 0) is 53.6 Å². The summed E-state index contributed by atoms with van der Waals surface area (Å²) in [5.41, 5.74) is -0.721. The van der Waals surface area contributed by atoms with Crippen LogP contribution in [0.2, 0.25) is 0 Å². The third kappa shape index (κ3) is 3.34. The van der Waals surface area contributed by atoms with E-state index in [1.165, 1.54) is 6.07 Å². The number of alkyl halides is 3. The maximum Gasteiger partial charge on any atom is 0.416 e. The average molecular weight is 355 g/mol. The number of halogens is 4. The van der Waals surface area contributed by atoms with Crippen LogP contribution >= 0.6 is 22.6 Å². The maximum absolute atomic E-state index is 12.6. The van der Waals surface area contributed by atoms with Crippen molar-refractivity contribution < 1.29 is 18.0 Å². The predicted molar refractivity (Wildman–Crippen MR) is 64.6 cm³/mol. The number of carbonyl (C=O) groups excluding carboxylic acids is 1. The van der Waals surface area contributed by atoms with E-state index >= 15 is 0 Å². The SMILES string of the molecule is O=C(NC1CC1)c1cc(I)cc(C(F)(F)F)c1. The zero-order valence-corrected chi connectivity index (χ0v) is 10.8. The predicted octanol–water partition coefficient (Wildman–Crippen LogP) is 3.20.